The number of aromatic nitrogens is 2. The quantitative estimate of drug-likeness (QED) is 0.489. The lowest BCUT2D eigenvalue weighted by molar-refractivity contribution is 0.0968. The molecule has 3 heterocycles. The van der Waals surface area contributed by atoms with Crippen LogP contribution in [0, 0.1) is 11.3 Å². The van der Waals surface area contributed by atoms with Gasteiger partial charge in [-0.25, -0.2) is 0 Å². The molecule has 1 aliphatic rings. The molecule has 0 saturated heterocycles. The van der Waals surface area contributed by atoms with Crippen LogP contribution in [0.4, 0.5) is 0 Å². The van der Waals surface area contributed by atoms with Crippen molar-refractivity contribution < 1.29 is 4.79 Å². The number of pyridine rings is 1. The van der Waals surface area contributed by atoms with Gasteiger partial charge in [-0.1, -0.05) is 24.3 Å². The van der Waals surface area contributed by atoms with Crippen LogP contribution in [0.15, 0.2) is 71.7 Å². The number of rotatable bonds is 2. The van der Waals surface area contributed by atoms with Gasteiger partial charge in [-0.05, 0) is 42.0 Å². The molecule has 0 atom stereocenters. The molecule has 0 saturated carbocycles. The van der Waals surface area contributed by atoms with E-state index in [2.05, 4.69) is 6.07 Å². The molecule has 0 fully saturated rings. The predicted octanol–water partition coefficient (Wildman–Crippen LogP) is 3.39. The van der Waals surface area contributed by atoms with Crippen LogP contribution in [0.2, 0.25) is 0 Å². The van der Waals surface area contributed by atoms with Gasteiger partial charge in [-0.3, -0.25) is 14.2 Å². The maximum atomic E-state index is 13.0. The van der Waals surface area contributed by atoms with Gasteiger partial charge in [0.05, 0.1) is 28.5 Å². The van der Waals surface area contributed by atoms with Gasteiger partial charge in [0.1, 0.15) is 5.56 Å². The second-order valence-corrected chi connectivity index (χ2v) is 6.53. The topological polar surface area (TPSA) is 67.8 Å². The number of hydrogen-bond donors (Lipinski definition) is 0. The molecule has 27 heavy (non-hydrogen) atoms. The van der Waals surface area contributed by atoms with Gasteiger partial charge in [-0.2, -0.15) is 5.26 Å². The van der Waals surface area contributed by atoms with E-state index in [-0.39, 0.29) is 16.9 Å². The Morgan fingerprint density at radius 3 is 2.48 bits per heavy atom. The SMILES string of the molecule is N#Cc1ccc(Cn2c3c(c(=O)c4ccccc42)C(=O)n2cccc2-3)cc1. The number of para-hydroxylation sites is 1. The molecule has 1 aliphatic heterocycles. The van der Waals surface area contributed by atoms with Crippen LogP contribution in [0.1, 0.15) is 21.5 Å². The molecular formula is C22H13N3O2. The molecule has 4 aromatic rings. The average Bonchev–Trinajstić information content (AvgIpc) is 3.28. The third-order valence-electron chi connectivity index (χ3n) is 5.02. The lowest BCUT2D eigenvalue weighted by Crippen LogP contribution is -2.20. The molecule has 128 valence electrons. The van der Waals surface area contributed by atoms with E-state index in [0.29, 0.717) is 23.2 Å². The molecule has 0 bridgehead atoms. The van der Waals surface area contributed by atoms with E-state index in [0.717, 1.165) is 16.8 Å². The number of carbonyl (C=O) groups excluding carboxylic acids is 1. The summed E-state index contributed by atoms with van der Waals surface area (Å²) in [6.45, 7) is 0.493. The first-order valence-electron chi connectivity index (χ1n) is 8.56. The third-order valence-corrected chi connectivity index (χ3v) is 5.02. The third kappa shape index (κ3) is 2.10. The second kappa shape index (κ2) is 5.55. The van der Waals surface area contributed by atoms with E-state index in [1.54, 1.807) is 24.4 Å². The summed E-state index contributed by atoms with van der Waals surface area (Å²) < 4.78 is 3.55. The normalized spacial score (nSPS) is 12.0. The first-order chi connectivity index (χ1) is 13.2. The molecule has 5 nitrogen and oxygen atoms in total. The lowest BCUT2D eigenvalue weighted by Gasteiger charge is -2.16. The number of nitrogens with zero attached hydrogens (tertiary/aromatic N) is 3. The Morgan fingerprint density at radius 1 is 0.926 bits per heavy atom. The Labute approximate surface area is 154 Å². The monoisotopic (exact) mass is 351 g/mol. The minimum Gasteiger partial charge on any atom is -0.334 e. The van der Waals surface area contributed by atoms with Gasteiger partial charge in [0.15, 0.2) is 0 Å². The minimum absolute atomic E-state index is 0.220. The Morgan fingerprint density at radius 2 is 1.70 bits per heavy atom. The number of carbonyl (C=O) groups is 1. The van der Waals surface area contributed by atoms with Crippen LogP contribution in [-0.4, -0.2) is 15.0 Å². The van der Waals surface area contributed by atoms with Crippen LogP contribution in [0.5, 0.6) is 0 Å². The fraction of sp³-hybridized carbons (Fsp3) is 0.0455. The Hall–Kier alpha value is -3.91. The maximum absolute atomic E-state index is 13.0. The number of nitriles is 1. The van der Waals surface area contributed by atoms with Crippen molar-refractivity contribution in [1.82, 2.24) is 9.13 Å². The van der Waals surface area contributed by atoms with Crippen LogP contribution in [0.25, 0.3) is 22.3 Å². The summed E-state index contributed by atoms with van der Waals surface area (Å²) in [4.78, 5) is 25.8. The molecule has 5 rings (SSSR count). The average molecular weight is 351 g/mol. The van der Waals surface area contributed by atoms with Crippen molar-refractivity contribution >= 4 is 16.8 Å². The summed E-state index contributed by atoms with van der Waals surface area (Å²) >= 11 is 0. The van der Waals surface area contributed by atoms with Crippen LogP contribution in [0.3, 0.4) is 0 Å². The molecule has 0 unspecified atom stereocenters. The Bertz CT molecular complexity index is 1330. The number of fused-ring (bicyclic) bond motifs is 4. The zero-order valence-electron chi connectivity index (χ0n) is 14.2. The first kappa shape index (κ1) is 15.4. The van der Waals surface area contributed by atoms with Crippen molar-refractivity contribution in [2.45, 2.75) is 6.54 Å². The van der Waals surface area contributed by atoms with Crippen LogP contribution >= 0.6 is 0 Å². The highest BCUT2D eigenvalue weighted by Gasteiger charge is 2.32. The summed E-state index contributed by atoms with van der Waals surface area (Å²) in [5.74, 6) is -0.283. The molecule has 0 amide bonds. The van der Waals surface area contributed by atoms with Gasteiger partial charge in [0, 0.05) is 18.1 Å². The second-order valence-electron chi connectivity index (χ2n) is 6.53. The van der Waals surface area contributed by atoms with E-state index < -0.39 is 0 Å². The number of hydrogen-bond acceptors (Lipinski definition) is 3. The van der Waals surface area contributed by atoms with Gasteiger partial charge in [0.2, 0.25) is 5.43 Å². The first-order valence-corrected chi connectivity index (χ1v) is 8.56. The zero-order valence-corrected chi connectivity index (χ0v) is 14.2. The fourth-order valence-electron chi connectivity index (χ4n) is 3.77. The molecule has 0 spiro atoms. The van der Waals surface area contributed by atoms with E-state index in [1.807, 2.05) is 47.0 Å². The van der Waals surface area contributed by atoms with Gasteiger partial charge in [0.25, 0.3) is 5.91 Å². The van der Waals surface area contributed by atoms with Crippen LogP contribution < -0.4 is 5.43 Å². The van der Waals surface area contributed by atoms with E-state index >= 15 is 0 Å². The van der Waals surface area contributed by atoms with Crippen LogP contribution in [-0.2, 0) is 6.54 Å². The highest BCUT2D eigenvalue weighted by molar-refractivity contribution is 6.10. The van der Waals surface area contributed by atoms with Crippen molar-refractivity contribution in [3.05, 3.63) is 93.8 Å². The molecule has 2 aromatic carbocycles. The maximum Gasteiger partial charge on any atom is 0.268 e. The Balaban J connectivity index is 1.83. The largest absolute Gasteiger partial charge is 0.334 e. The molecular weight excluding hydrogens is 338 g/mol. The summed E-state index contributed by atoms with van der Waals surface area (Å²) in [7, 11) is 0. The Kier molecular flexibility index (Phi) is 3.15. The smallest absolute Gasteiger partial charge is 0.268 e. The van der Waals surface area contributed by atoms with Crippen molar-refractivity contribution in [1.29, 1.82) is 5.26 Å². The highest BCUT2D eigenvalue weighted by Crippen LogP contribution is 2.33. The van der Waals surface area contributed by atoms with Crippen molar-refractivity contribution in [2.24, 2.45) is 0 Å². The zero-order chi connectivity index (χ0) is 18.5. The molecule has 0 aliphatic carbocycles. The van der Waals surface area contributed by atoms with Crippen molar-refractivity contribution in [3.63, 3.8) is 0 Å². The van der Waals surface area contributed by atoms with Gasteiger partial charge in [-0.15, -0.1) is 0 Å². The highest BCUT2D eigenvalue weighted by atomic mass is 16.2. The summed E-state index contributed by atoms with van der Waals surface area (Å²) in [5.41, 5.74) is 3.74. The van der Waals surface area contributed by atoms with E-state index in [1.165, 1.54) is 4.57 Å². The van der Waals surface area contributed by atoms with Gasteiger partial charge >= 0.3 is 0 Å². The van der Waals surface area contributed by atoms with Gasteiger partial charge < -0.3 is 4.57 Å². The lowest BCUT2D eigenvalue weighted by atomic mass is 10.1. The van der Waals surface area contributed by atoms with Crippen molar-refractivity contribution in [2.75, 3.05) is 0 Å². The molecule has 2 aromatic heterocycles. The number of benzene rings is 2. The molecule has 5 heteroatoms. The molecule has 0 radical (unpaired) electrons. The standard InChI is InChI=1S/C22H13N3O2/c23-12-14-7-9-15(10-8-14)13-25-17-5-2-1-4-16(17)21(26)19-20(25)18-6-3-11-24(18)22(19)27/h1-11H,13H2. The van der Waals surface area contributed by atoms with E-state index in [4.69, 9.17) is 5.26 Å². The minimum atomic E-state index is -0.283. The van der Waals surface area contributed by atoms with Crippen molar-refractivity contribution in [3.8, 4) is 17.5 Å². The summed E-state index contributed by atoms with van der Waals surface area (Å²) in [6.07, 6.45) is 1.69. The summed E-state index contributed by atoms with van der Waals surface area (Å²) in [5, 5.41) is 9.53. The fourth-order valence-corrected chi connectivity index (χ4v) is 3.77. The molecule has 0 N–H and O–H groups in total. The predicted molar refractivity (Wildman–Crippen MR) is 102 cm³/mol. The van der Waals surface area contributed by atoms with E-state index in [9.17, 15) is 9.59 Å². The summed E-state index contributed by atoms with van der Waals surface area (Å²) in [6, 6.07) is 20.5.